The van der Waals surface area contributed by atoms with E-state index in [0.29, 0.717) is 23.9 Å². The average Bonchev–Trinajstić information content (AvgIpc) is 3.21. The lowest BCUT2D eigenvalue weighted by molar-refractivity contribution is -0.870. The van der Waals surface area contributed by atoms with Crippen molar-refractivity contribution in [2.75, 3.05) is 47.5 Å². The first-order valence-corrected chi connectivity index (χ1v) is 26.7. The van der Waals surface area contributed by atoms with Crippen LogP contribution in [-0.4, -0.2) is 74.9 Å². The van der Waals surface area contributed by atoms with Gasteiger partial charge in [0.25, 0.3) is 0 Å². The van der Waals surface area contributed by atoms with Crippen molar-refractivity contribution < 1.29 is 42.1 Å². The first kappa shape index (κ1) is 59.2. The second kappa shape index (κ2) is 43.5. The number of carbonyl (C=O) groups is 2. The summed E-state index contributed by atoms with van der Waals surface area (Å²) in [6, 6.07) is 0. The molecule has 0 aromatic carbocycles. The Hall–Kier alpha value is -1.77. The number of unbranched alkanes of at least 4 members (excludes halogenated alkanes) is 26. The SMILES string of the molecule is CCCCC/C=C/C/C=C/C/C=C/CCCCCCC(=O)OC[C@H](COP(=O)(O)OCC[N+](C)(C)C)OC(=O)CCCCCCCCCCCCCCCCCCCCCC. The van der Waals surface area contributed by atoms with Gasteiger partial charge in [0, 0.05) is 12.8 Å². The molecule has 0 saturated carbocycles. The second-order valence-corrected chi connectivity index (χ2v) is 19.7. The minimum atomic E-state index is -4.38. The summed E-state index contributed by atoms with van der Waals surface area (Å²) in [7, 11) is 1.47. The van der Waals surface area contributed by atoms with Crippen LogP contribution in [0.3, 0.4) is 0 Å². The molecule has 0 aromatic rings. The van der Waals surface area contributed by atoms with Gasteiger partial charge in [0.2, 0.25) is 0 Å². The van der Waals surface area contributed by atoms with Crippen LogP contribution in [0.4, 0.5) is 0 Å². The van der Waals surface area contributed by atoms with E-state index in [-0.39, 0.29) is 32.0 Å². The van der Waals surface area contributed by atoms with Crippen LogP contribution in [0, 0.1) is 0 Å². The van der Waals surface area contributed by atoms with Gasteiger partial charge in [-0.1, -0.05) is 198 Å². The fourth-order valence-corrected chi connectivity index (χ4v) is 7.70. The summed E-state index contributed by atoms with van der Waals surface area (Å²) >= 11 is 0. The lowest BCUT2D eigenvalue weighted by Crippen LogP contribution is -2.37. The molecular weight excluding hydrogens is 786 g/mol. The Balaban J connectivity index is 4.28. The van der Waals surface area contributed by atoms with E-state index in [1.54, 1.807) is 0 Å². The number of hydrogen-bond acceptors (Lipinski definition) is 7. The number of hydrogen-bond donors (Lipinski definition) is 1. The molecule has 0 spiro atoms. The molecule has 0 rings (SSSR count). The van der Waals surface area contributed by atoms with Crippen molar-refractivity contribution in [1.82, 2.24) is 0 Å². The monoisotopic (exact) mass is 883 g/mol. The van der Waals surface area contributed by atoms with E-state index in [0.717, 1.165) is 51.4 Å². The largest absolute Gasteiger partial charge is 0.472 e. The fraction of sp³-hybridized carbons (Fsp3) is 0.843. The topological polar surface area (TPSA) is 108 Å². The van der Waals surface area contributed by atoms with E-state index in [4.69, 9.17) is 18.5 Å². The van der Waals surface area contributed by atoms with Crippen molar-refractivity contribution in [3.63, 3.8) is 0 Å². The Morgan fingerprint density at radius 3 is 1.34 bits per heavy atom. The minimum absolute atomic E-state index is 0.0289. The lowest BCUT2D eigenvalue weighted by Gasteiger charge is -2.24. The van der Waals surface area contributed by atoms with Crippen molar-refractivity contribution in [2.24, 2.45) is 0 Å². The molecule has 358 valence electrons. The van der Waals surface area contributed by atoms with Gasteiger partial charge in [0.15, 0.2) is 6.10 Å². The van der Waals surface area contributed by atoms with Crippen LogP contribution in [0.5, 0.6) is 0 Å². The van der Waals surface area contributed by atoms with Crippen molar-refractivity contribution in [3.8, 4) is 0 Å². The number of esters is 2. The Kier molecular flexibility index (Phi) is 42.2. The quantitative estimate of drug-likeness (QED) is 0.0212. The average molecular weight is 883 g/mol. The summed E-state index contributed by atoms with van der Waals surface area (Å²) in [4.78, 5) is 35.5. The zero-order valence-corrected chi connectivity index (χ0v) is 41.3. The molecule has 10 heteroatoms. The predicted octanol–water partition coefficient (Wildman–Crippen LogP) is 14.9. The Bertz CT molecular complexity index is 1130. The van der Waals surface area contributed by atoms with Crippen LogP contribution in [0.2, 0.25) is 0 Å². The number of phosphoric ester groups is 1. The van der Waals surface area contributed by atoms with Crippen molar-refractivity contribution >= 4 is 19.8 Å². The van der Waals surface area contributed by atoms with Gasteiger partial charge < -0.3 is 18.9 Å². The molecule has 61 heavy (non-hydrogen) atoms. The van der Waals surface area contributed by atoms with Gasteiger partial charge in [-0.15, -0.1) is 0 Å². The van der Waals surface area contributed by atoms with Crippen LogP contribution in [0.25, 0.3) is 0 Å². The number of rotatable bonds is 46. The first-order chi connectivity index (χ1) is 29.5. The summed E-state index contributed by atoms with van der Waals surface area (Å²) in [6.07, 6.45) is 50.5. The zero-order chi connectivity index (χ0) is 45.0. The maximum Gasteiger partial charge on any atom is 0.472 e. The third-order valence-corrected chi connectivity index (χ3v) is 11.9. The molecule has 1 unspecified atom stereocenters. The normalized spacial score (nSPS) is 13.7. The van der Waals surface area contributed by atoms with E-state index in [1.807, 2.05) is 21.1 Å². The summed E-state index contributed by atoms with van der Waals surface area (Å²) in [6.45, 7) is 4.40. The first-order valence-electron chi connectivity index (χ1n) is 25.2. The molecule has 0 heterocycles. The van der Waals surface area contributed by atoms with E-state index in [2.05, 4.69) is 50.3 Å². The summed E-state index contributed by atoms with van der Waals surface area (Å²) < 4.78 is 34.4. The minimum Gasteiger partial charge on any atom is -0.462 e. The maximum absolute atomic E-state index is 12.7. The highest BCUT2D eigenvalue weighted by Crippen LogP contribution is 2.43. The van der Waals surface area contributed by atoms with Gasteiger partial charge in [-0.25, -0.2) is 4.57 Å². The van der Waals surface area contributed by atoms with Gasteiger partial charge in [0.1, 0.15) is 19.8 Å². The molecule has 0 bridgehead atoms. The van der Waals surface area contributed by atoms with E-state index in [1.165, 1.54) is 135 Å². The van der Waals surface area contributed by atoms with Crippen LogP contribution in [0.1, 0.15) is 226 Å². The molecule has 0 saturated heterocycles. The third kappa shape index (κ3) is 47.5. The number of ether oxygens (including phenoxy) is 2. The van der Waals surface area contributed by atoms with Gasteiger partial charge in [-0.3, -0.25) is 18.6 Å². The Morgan fingerprint density at radius 2 is 0.885 bits per heavy atom. The van der Waals surface area contributed by atoms with E-state index < -0.39 is 26.5 Å². The Morgan fingerprint density at radius 1 is 0.508 bits per heavy atom. The van der Waals surface area contributed by atoms with E-state index in [9.17, 15) is 19.0 Å². The smallest absolute Gasteiger partial charge is 0.462 e. The second-order valence-electron chi connectivity index (χ2n) is 18.2. The van der Waals surface area contributed by atoms with E-state index >= 15 is 0 Å². The molecule has 9 nitrogen and oxygen atoms in total. The highest BCUT2D eigenvalue weighted by Gasteiger charge is 2.27. The van der Waals surface area contributed by atoms with Crippen LogP contribution < -0.4 is 0 Å². The number of quaternary nitrogens is 1. The molecule has 0 aromatic heterocycles. The summed E-state index contributed by atoms with van der Waals surface area (Å²) in [5, 5.41) is 0. The lowest BCUT2D eigenvalue weighted by atomic mass is 10.0. The molecule has 0 fully saturated rings. The third-order valence-electron chi connectivity index (χ3n) is 10.9. The molecule has 2 atom stereocenters. The highest BCUT2D eigenvalue weighted by molar-refractivity contribution is 7.47. The summed E-state index contributed by atoms with van der Waals surface area (Å²) in [5.41, 5.74) is 0. The molecule has 0 radical (unpaired) electrons. The number of allylic oxidation sites excluding steroid dienone is 6. The predicted molar refractivity (Wildman–Crippen MR) is 257 cm³/mol. The maximum atomic E-state index is 12.7. The number of nitrogens with zero attached hydrogens (tertiary/aromatic N) is 1. The van der Waals surface area contributed by atoms with Gasteiger partial charge in [-0.05, 0) is 51.4 Å². The highest BCUT2D eigenvalue weighted by atomic mass is 31.2. The Labute approximate surface area is 376 Å². The van der Waals surface area contributed by atoms with Gasteiger partial charge in [0.05, 0.1) is 27.7 Å². The molecule has 1 N–H and O–H groups in total. The fourth-order valence-electron chi connectivity index (χ4n) is 6.96. The van der Waals surface area contributed by atoms with Crippen molar-refractivity contribution in [1.29, 1.82) is 0 Å². The van der Waals surface area contributed by atoms with Crippen molar-refractivity contribution in [3.05, 3.63) is 36.5 Å². The summed E-state index contributed by atoms with van der Waals surface area (Å²) in [5.74, 6) is -0.815. The number of phosphoric acid groups is 1. The van der Waals surface area contributed by atoms with Gasteiger partial charge in [-0.2, -0.15) is 0 Å². The molecule has 0 aliphatic rings. The van der Waals surface area contributed by atoms with Gasteiger partial charge >= 0.3 is 19.8 Å². The molecule has 0 amide bonds. The molecular formula is C51H97NO8P+. The van der Waals surface area contributed by atoms with Crippen LogP contribution in [0.15, 0.2) is 36.5 Å². The number of likely N-dealkylation sites (N-methyl/N-ethyl adjacent to an activating group) is 1. The van der Waals surface area contributed by atoms with Crippen LogP contribution in [-0.2, 0) is 32.7 Å². The standard InChI is InChI=1S/C51H96NO8P/c1-6-8-10-12-14-16-18-20-22-24-25-26-28-30-32-34-36-38-40-42-44-51(54)60-49(48-59-61(55,56)58-46-45-52(3,4)5)47-57-50(53)43-41-39-37-35-33-31-29-27-23-21-19-17-15-13-11-9-7-2/h15,17,21,23,29,31,49H,6-14,16,18-20,22,24-28,30,32-48H2,1-5H3/p+1/b17-15+,23-21+,31-29+/t49-/m1/s1. The van der Waals surface area contributed by atoms with Crippen molar-refractivity contribution in [2.45, 2.75) is 232 Å². The zero-order valence-electron chi connectivity index (χ0n) is 40.4. The molecule has 0 aliphatic heterocycles. The number of carbonyl (C=O) groups excluding carboxylic acids is 2. The van der Waals surface area contributed by atoms with Crippen LogP contribution >= 0.6 is 7.82 Å². The molecule has 0 aliphatic carbocycles.